The Morgan fingerprint density at radius 1 is 1.21 bits per heavy atom. The maximum Gasteiger partial charge on any atom is 0.205 e. The Hall–Kier alpha value is -3.43. The molecule has 2 aromatic heterocycles. The van der Waals surface area contributed by atoms with Crippen molar-refractivity contribution in [1.82, 2.24) is 14.9 Å². The first-order valence-corrected chi connectivity index (χ1v) is 9.64. The van der Waals surface area contributed by atoms with Crippen LogP contribution in [-0.2, 0) is 4.74 Å². The van der Waals surface area contributed by atoms with Crippen molar-refractivity contribution in [2.45, 2.75) is 25.8 Å². The van der Waals surface area contributed by atoms with Crippen LogP contribution in [0.15, 0.2) is 77.4 Å². The molecule has 0 spiro atoms. The number of aromatic nitrogens is 2. The lowest BCUT2D eigenvalue weighted by atomic mass is 9.80. The van der Waals surface area contributed by atoms with E-state index in [1.165, 1.54) is 0 Å². The van der Waals surface area contributed by atoms with Crippen molar-refractivity contribution in [1.29, 1.82) is 5.26 Å². The Morgan fingerprint density at radius 2 is 1.97 bits per heavy atom. The molecule has 6 heteroatoms. The zero-order valence-corrected chi connectivity index (χ0v) is 16.5. The highest BCUT2D eigenvalue weighted by Gasteiger charge is 2.38. The molecule has 29 heavy (non-hydrogen) atoms. The number of ether oxygens (including phenoxy) is 1. The minimum absolute atomic E-state index is 0.162. The Labute approximate surface area is 170 Å². The summed E-state index contributed by atoms with van der Waals surface area (Å²) < 4.78 is 6.04. The standard InChI is InChI=1S/C23H23N5O/c1-15(2)28-13-18(9-16-5-3-7-26-11-16)22-20(14-28)21(17-6-4-8-27-12-17)19(10-24)23(25)29-22/h3-9,11-12,15,21H,13-14,25H2,1-2H3/b18-9-/t21-/m0/s1. The van der Waals surface area contributed by atoms with E-state index in [0.717, 1.165) is 34.6 Å². The summed E-state index contributed by atoms with van der Waals surface area (Å²) in [7, 11) is 0. The summed E-state index contributed by atoms with van der Waals surface area (Å²) >= 11 is 0. The molecule has 2 N–H and O–H groups in total. The van der Waals surface area contributed by atoms with E-state index in [0.29, 0.717) is 18.2 Å². The first kappa shape index (κ1) is 18.9. The van der Waals surface area contributed by atoms with E-state index in [-0.39, 0.29) is 11.8 Å². The quantitative estimate of drug-likeness (QED) is 0.872. The van der Waals surface area contributed by atoms with Crippen LogP contribution in [0.5, 0.6) is 0 Å². The summed E-state index contributed by atoms with van der Waals surface area (Å²) in [6.07, 6.45) is 9.19. The van der Waals surface area contributed by atoms with E-state index in [4.69, 9.17) is 10.5 Å². The molecule has 0 unspecified atom stereocenters. The lowest BCUT2D eigenvalue weighted by Gasteiger charge is -2.39. The van der Waals surface area contributed by atoms with Gasteiger partial charge in [0.25, 0.3) is 0 Å². The molecule has 2 aromatic rings. The minimum atomic E-state index is -0.267. The van der Waals surface area contributed by atoms with Crippen LogP contribution in [0, 0.1) is 11.3 Å². The molecule has 146 valence electrons. The van der Waals surface area contributed by atoms with E-state index < -0.39 is 0 Å². The van der Waals surface area contributed by atoms with Gasteiger partial charge in [0.05, 0.1) is 5.92 Å². The van der Waals surface area contributed by atoms with Gasteiger partial charge >= 0.3 is 0 Å². The first-order chi connectivity index (χ1) is 14.1. The van der Waals surface area contributed by atoms with Crippen molar-refractivity contribution >= 4 is 6.08 Å². The van der Waals surface area contributed by atoms with Gasteiger partial charge in [-0.25, -0.2) is 0 Å². The highest BCUT2D eigenvalue weighted by Crippen LogP contribution is 2.43. The smallest absolute Gasteiger partial charge is 0.205 e. The van der Waals surface area contributed by atoms with Gasteiger partial charge < -0.3 is 10.5 Å². The zero-order chi connectivity index (χ0) is 20.4. The highest BCUT2D eigenvalue weighted by molar-refractivity contribution is 5.62. The molecule has 0 aromatic carbocycles. The molecule has 1 atom stereocenters. The van der Waals surface area contributed by atoms with Gasteiger partial charge in [-0.2, -0.15) is 5.26 Å². The molecule has 0 amide bonds. The first-order valence-electron chi connectivity index (χ1n) is 9.64. The van der Waals surface area contributed by atoms with E-state index in [2.05, 4.69) is 40.9 Å². The van der Waals surface area contributed by atoms with Gasteiger partial charge in [0.1, 0.15) is 17.4 Å². The fraction of sp³-hybridized carbons (Fsp3) is 0.261. The number of nitrogens with two attached hydrogens (primary N) is 1. The fourth-order valence-electron chi connectivity index (χ4n) is 3.85. The van der Waals surface area contributed by atoms with Crippen molar-refractivity contribution in [3.63, 3.8) is 0 Å². The van der Waals surface area contributed by atoms with Gasteiger partial charge in [0.15, 0.2) is 0 Å². The summed E-state index contributed by atoms with van der Waals surface area (Å²) in [5.41, 5.74) is 10.6. The zero-order valence-electron chi connectivity index (χ0n) is 16.5. The third kappa shape index (κ3) is 3.65. The fourth-order valence-corrected chi connectivity index (χ4v) is 3.85. The van der Waals surface area contributed by atoms with Crippen LogP contribution < -0.4 is 5.73 Å². The Bertz CT molecular complexity index is 1030. The van der Waals surface area contributed by atoms with Crippen molar-refractivity contribution in [3.8, 4) is 6.07 Å². The molecule has 0 fully saturated rings. The molecular weight excluding hydrogens is 362 g/mol. The molecule has 0 bridgehead atoms. The normalized spacial score (nSPS) is 21.2. The number of nitrogens with zero attached hydrogens (tertiary/aromatic N) is 4. The maximum absolute atomic E-state index is 9.81. The second-order valence-electron chi connectivity index (χ2n) is 7.52. The minimum Gasteiger partial charge on any atom is -0.440 e. The van der Waals surface area contributed by atoms with Crippen LogP contribution in [0.2, 0.25) is 0 Å². The van der Waals surface area contributed by atoms with E-state index >= 15 is 0 Å². The predicted octanol–water partition coefficient (Wildman–Crippen LogP) is 3.35. The van der Waals surface area contributed by atoms with Crippen LogP contribution >= 0.6 is 0 Å². The molecule has 0 saturated heterocycles. The number of allylic oxidation sites excluding steroid dienone is 1. The largest absolute Gasteiger partial charge is 0.440 e. The average Bonchev–Trinajstić information content (AvgIpc) is 2.74. The second-order valence-corrected chi connectivity index (χ2v) is 7.52. The van der Waals surface area contributed by atoms with Gasteiger partial charge in [0.2, 0.25) is 5.88 Å². The maximum atomic E-state index is 9.81. The van der Waals surface area contributed by atoms with E-state index in [1.54, 1.807) is 18.6 Å². The lowest BCUT2D eigenvalue weighted by Crippen LogP contribution is -2.41. The Balaban J connectivity index is 1.89. The van der Waals surface area contributed by atoms with Crippen molar-refractivity contribution < 1.29 is 4.74 Å². The van der Waals surface area contributed by atoms with E-state index in [1.807, 2.05) is 30.5 Å². The summed E-state index contributed by atoms with van der Waals surface area (Å²) in [4.78, 5) is 10.8. The van der Waals surface area contributed by atoms with Crippen LogP contribution in [0.1, 0.15) is 30.9 Å². The molecule has 0 aliphatic carbocycles. The molecular formula is C23H23N5O. The molecule has 4 rings (SSSR count). The van der Waals surface area contributed by atoms with E-state index in [9.17, 15) is 5.26 Å². The molecule has 0 radical (unpaired) electrons. The second kappa shape index (κ2) is 7.90. The molecule has 0 saturated carbocycles. The van der Waals surface area contributed by atoms with Crippen molar-refractivity contribution in [2.24, 2.45) is 5.73 Å². The topological polar surface area (TPSA) is 88.1 Å². The van der Waals surface area contributed by atoms with Gasteiger partial charge in [-0.3, -0.25) is 14.9 Å². The van der Waals surface area contributed by atoms with Crippen molar-refractivity contribution in [2.75, 3.05) is 13.1 Å². The van der Waals surface area contributed by atoms with Crippen LogP contribution in [0.25, 0.3) is 6.08 Å². The lowest BCUT2D eigenvalue weighted by molar-refractivity contribution is 0.208. The van der Waals surface area contributed by atoms with Gasteiger partial charge in [-0.15, -0.1) is 0 Å². The predicted molar refractivity (Wildman–Crippen MR) is 111 cm³/mol. The Morgan fingerprint density at radius 3 is 2.59 bits per heavy atom. The molecule has 6 nitrogen and oxygen atoms in total. The van der Waals surface area contributed by atoms with Gasteiger partial charge in [0, 0.05) is 49.5 Å². The van der Waals surface area contributed by atoms with Crippen LogP contribution in [0.3, 0.4) is 0 Å². The molecule has 2 aliphatic rings. The molecule has 4 heterocycles. The number of nitriles is 1. The Kier molecular flexibility index (Phi) is 5.15. The monoisotopic (exact) mass is 385 g/mol. The number of rotatable bonds is 3. The third-order valence-electron chi connectivity index (χ3n) is 5.34. The van der Waals surface area contributed by atoms with Crippen LogP contribution in [0.4, 0.5) is 0 Å². The SMILES string of the molecule is CC(C)N1CC2=C(OC(N)=C(C#N)[C@@H]2c2cccnc2)/C(=C\c2cccnc2)C1. The summed E-state index contributed by atoms with van der Waals surface area (Å²) in [5.74, 6) is 0.655. The molecule has 2 aliphatic heterocycles. The summed E-state index contributed by atoms with van der Waals surface area (Å²) in [5, 5.41) is 9.81. The third-order valence-corrected chi connectivity index (χ3v) is 5.34. The number of hydrogen-bond acceptors (Lipinski definition) is 6. The van der Waals surface area contributed by atoms with Crippen LogP contribution in [-0.4, -0.2) is 34.0 Å². The summed E-state index contributed by atoms with van der Waals surface area (Å²) in [6.45, 7) is 5.78. The number of pyridine rings is 2. The summed E-state index contributed by atoms with van der Waals surface area (Å²) in [6, 6.07) is 10.4. The highest BCUT2D eigenvalue weighted by atomic mass is 16.5. The van der Waals surface area contributed by atoms with Gasteiger partial charge in [-0.05, 0) is 48.8 Å². The van der Waals surface area contributed by atoms with Crippen molar-refractivity contribution in [3.05, 3.63) is 88.5 Å². The van der Waals surface area contributed by atoms with Gasteiger partial charge in [-0.1, -0.05) is 12.1 Å². The average molecular weight is 385 g/mol. The number of hydrogen-bond donors (Lipinski definition) is 1.